The quantitative estimate of drug-likeness (QED) is 0.112. The number of imidazole rings is 2. The Balaban J connectivity index is 0.000000247. The van der Waals surface area contributed by atoms with Crippen LogP contribution >= 0.6 is 11.6 Å². The van der Waals surface area contributed by atoms with E-state index in [1.807, 2.05) is 20.8 Å². The van der Waals surface area contributed by atoms with E-state index in [4.69, 9.17) is 26.8 Å². The molecule has 4 heterocycles. The summed E-state index contributed by atoms with van der Waals surface area (Å²) < 4.78 is 10.0. The summed E-state index contributed by atoms with van der Waals surface area (Å²) in [6.45, 7) is 12.4. The minimum absolute atomic E-state index is 0.0506. The zero-order valence-corrected chi connectivity index (χ0v) is 25.4. The van der Waals surface area contributed by atoms with Gasteiger partial charge in [-0.15, -0.1) is 0 Å². The van der Waals surface area contributed by atoms with E-state index in [0.717, 1.165) is 0 Å². The maximum Gasteiger partial charge on any atom is 0.407 e. The Kier molecular flexibility index (Phi) is 12.4. The molecule has 0 fully saturated rings. The molecule has 4 rings (SSSR count). The lowest BCUT2D eigenvalue weighted by molar-refractivity contribution is 0.0518. The molecule has 0 unspecified atom stereocenters. The number of aromatic nitrogens is 8. The minimum atomic E-state index is -0.532. The van der Waals surface area contributed by atoms with Gasteiger partial charge in [0.15, 0.2) is 22.3 Å². The second kappa shape index (κ2) is 15.5. The van der Waals surface area contributed by atoms with E-state index in [1.165, 1.54) is 12.7 Å². The predicted molar refractivity (Wildman–Crippen MR) is 160 cm³/mol. The molecule has 0 aliphatic heterocycles. The third kappa shape index (κ3) is 12.8. The van der Waals surface area contributed by atoms with Gasteiger partial charge in [0, 0.05) is 26.2 Å². The summed E-state index contributed by atoms with van der Waals surface area (Å²) in [6.07, 6.45) is 1.89. The van der Waals surface area contributed by atoms with Crippen LogP contribution in [0.1, 0.15) is 41.5 Å². The van der Waals surface area contributed by atoms with Gasteiger partial charge in [-0.1, -0.05) is 0 Å². The van der Waals surface area contributed by atoms with Gasteiger partial charge in [0.05, 0.1) is 12.7 Å². The van der Waals surface area contributed by atoms with Crippen molar-refractivity contribution in [3.05, 3.63) is 38.6 Å². The van der Waals surface area contributed by atoms with Gasteiger partial charge in [0.2, 0.25) is 11.2 Å². The summed E-state index contributed by atoms with van der Waals surface area (Å²) in [5.74, 6) is 0.297. The number of anilines is 1. The summed E-state index contributed by atoms with van der Waals surface area (Å²) in [6, 6.07) is 0. The fraction of sp³-hybridized carbons (Fsp3) is 0.500. The standard InChI is InChI=1S/C12H18N6O3.C7H16N2O2.C5H3ClN4O/c1-12(2,3)21-11(20)14-5-4-13-10-17-8-7(9(19)18-10)15-6-16-8;1-7(2,3)11-6(10)9-5-4-8;6-5-9-3-2(4(11)10-5)7-1-8-3/h6H,4-5H2,1-3H3,(H,14,20)(H3,13,15,16,17,18,19);4-5,8H2,1-3H3,(H,9,10);1H,(H2,7,8,9,10,11). The van der Waals surface area contributed by atoms with Crippen LogP contribution in [0.5, 0.6) is 0 Å². The van der Waals surface area contributed by atoms with E-state index in [2.05, 4.69) is 55.8 Å². The van der Waals surface area contributed by atoms with Gasteiger partial charge >= 0.3 is 12.2 Å². The summed E-state index contributed by atoms with van der Waals surface area (Å²) in [5.41, 5.74) is 4.93. The summed E-state index contributed by atoms with van der Waals surface area (Å²) >= 11 is 5.46. The van der Waals surface area contributed by atoms with Crippen molar-refractivity contribution in [3.8, 4) is 0 Å². The second-order valence-corrected chi connectivity index (χ2v) is 10.9. The summed E-state index contributed by atoms with van der Waals surface area (Å²) in [7, 11) is 0. The first-order valence-electron chi connectivity index (χ1n) is 13.0. The van der Waals surface area contributed by atoms with E-state index >= 15 is 0 Å². The first kappa shape index (κ1) is 34.5. The molecule has 0 aliphatic rings. The SMILES string of the molecule is CC(C)(C)OC(=O)NCCN.CC(C)(C)OC(=O)NCCNc1nc2nc[nH]c2c(=O)[nH]1.O=c1[nH]c(Cl)nc2nc[nH]c12. The highest BCUT2D eigenvalue weighted by Gasteiger charge is 2.16. The Morgan fingerprint density at radius 1 is 0.814 bits per heavy atom. The van der Waals surface area contributed by atoms with Crippen LogP contribution < -0.4 is 32.8 Å². The molecule has 0 aromatic carbocycles. The number of amides is 2. The van der Waals surface area contributed by atoms with Gasteiger partial charge < -0.3 is 41.1 Å². The smallest absolute Gasteiger partial charge is 0.407 e. The number of hydrogen-bond donors (Lipinski definition) is 8. The van der Waals surface area contributed by atoms with Crippen LogP contribution in [0.25, 0.3) is 22.3 Å². The molecule has 0 saturated heterocycles. The fourth-order valence-corrected chi connectivity index (χ4v) is 3.06. The van der Waals surface area contributed by atoms with Crippen LogP contribution in [0, 0.1) is 0 Å². The summed E-state index contributed by atoms with van der Waals surface area (Å²) in [4.78, 5) is 70.7. The van der Waals surface area contributed by atoms with Crippen molar-refractivity contribution in [2.45, 2.75) is 52.7 Å². The number of carbonyl (C=O) groups excluding carboxylic acids is 2. The lowest BCUT2D eigenvalue weighted by Gasteiger charge is -2.19. The second-order valence-electron chi connectivity index (χ2n) is 10.5. The normalized spacial score (nSPS) is 11.1. The molecule has 0 saturated carbocycles. The first-order chi connectivity index (χ1) is 20.1. The first-order valence-corrected chi connectivity index (χ1v) is 13.4. The predicted octanol–water partition coefficient (Wildman–Crippen LogP) is 1.35. The van der Waals surface area contributed by atoms with Gasteiger partial charge in [-0.25, -0.2) is 19.6 Å². The van der Waals surface area contributed by atoms with Crippen molar-refractivity contribution in [2.75, 3.05) is 31.5 Å². The number of halogens is 1. The number of nitrogens with two attached hydrogens (primary N) is 1. The number of alkyl carbamates (subject to hydrolysis) is 2. The van der Waals surface area contributed by atoms with Crippen molar-refractivity contribution < 1.29 is 19.1 Å². The molecule has 4 aromatic rings. The van der Waals surface area contributed by atoms with E-state index < -0.39 is 23.4 Å². The Labute approximate surface area is 250 Å². The molecule has 236 valence electrons. The highest BCUT2D eigenvalue weighted by atomic mass is 35.5. The number of nitrogens with zero attached hydrogens (tertiary/aromatic N) is 4. The third-order valence-electron chi connectivity index (χ3n) is 4.46. The highest BCUT2D eigenvalue weighted by Crippen LogP contribution is 2.07. The molecule has 0 atom stereocenters. The van der Waals surface area contributed by atoms with E-state index in [1.54, 1.807) is 20.8 Å². The summed E-state index contributed by atoms with van der Waals surface area (Å²) in [5, 5.41) is 8.04. The van der Waals surface area contributed by atoms with Crippen LogP contribution in [0.3, 0.4) is 0 Å². The topological polar surface area (TPSA) is 264 Å². The maximum atomic E-state index is 11.7. The van der Waals surface area contributed by atoms with Crippen molar-refractivity contribution >= 4 is 52.1 Å². The molecule has 43 heavy (non-hydrogen) atoms. The Bertz CT molecular complexity index is 1600. The largest absolute Gasteiger partial charge is 0.444 e. The van der Waals surface area contributed by atoms with Crippen LogP contribution in [0.15, 0.2) is 22.2 Å². The highest BCUT2D eigenvalue weighted by molar-refractivity contribution is 6.28. The maximum absolute atomic E-state index is 11.7. The zero-order valence-electron chi connectivity index (χ0n) is 24.7. The Morgan fingerprint density at radius 2 is 1.30 bits per heavy atom. The van der Waals surface area contributed by atoms with E-state index in [-0.39, 0.29) is 16.4 Å². The molecule has 19 heteroatoms. The molecule has 0 aliphatic carbocycles. The molecule has 0 bridgehead atoms. The van der Waals surface area contributed by atoms with Crippen molar-refractivity contribution in [1.29, 1.82) is 0 Å². The Hall–Kier alpha value is -4.71. The van der Waals surface area contributed by atoms with Gasteiger partial charge in [0.1, 0.15) is 11.2 Å². The molecular formula is C24H37ClN12O6. The molecule has 0 spiro atoms. The van der Waals surface area contributed by atoms with Gasteiger partial charge in [-0.05, 0) is 53.1 Å². The number of hydrogen-bond acceptors (Lipinski definition) is 12. The fourth-order valence-electron chi connectivity index (χ4n) is 2.89. The van der Waals surface area contributed by atoms with Crippen molar-refractivity contribution in [1.82, 2.24) is 50.5 Å². The average molecular weight is 625 g/mol. The number of nitrogens with one attached hydrogen (secondary N) is 7. The molecule has 2 amide bonds. The van der Waals surface area contributed by atoms with Crippen LogP contribution in [0.2, 0.25) is 5.28 Å². The Morgan fingerprint density at radius 3 is 1.81 bits per heavy atom. The van der Waals surface area contributed by atoms with Crippen molar-refractivity contribution in [3.63, 3.8) is 0 Å². The van der Waals surface area contributed by atoms with Crippen LogP contribution in [-0.2, 0) is 9.47 Å². The van der Waals surface area contributed by atoms with E-state index in [0.29, 0.717) is 54.5 Å². The number of H-pyrrole nitrogens is 4. The number of aromatic amines is 4. The monoisotopic (exact) mass is 624 g/mol. The van der Waals surface area contributed by atoms with Crippen molar-refractivity contribution in [2.24, 2.45) is 5.73 Å². The van der Waals surface area contributed by atoms with Crippen LogP contribution in [-0.4, -0.2) is 89.4 Å². The zero-order chi connectivity index (χ0) is 32.2. The molecule has 0 radical (unpaired) electrons. The van der Waals surface area contributed by atoms with Crippen LogP contribution in [0.4, 0.5) is 15.5 Å². The third-order valence-corrected chi connectivity index (χ3v) is 4.64. The molecular weight excluding hydrogens is 588 g/mol. The lowest BCUT2D eigenvalue weighted by Crippen LogP contribution is -2.35. The molecule has 18 nitrogen and oxygen atoms in total. The van der Waals surface area contributed by atoms with Gasteiger partial charge in [-0.3, -0.25) is 19.6 Å². The van der Waals surface area contributed by atoms with E-state index in [9.17, 15) is 19.2 Å². The molecule has 9 N–H and O–H groups in total. The number of ether oxygens (including phenoxy) is 2. The lowest BCUT2D eigenvalue weighted by atomic mass is 10.2. The number of fused-ring (bicyclic) bond motifs is 2. The van der Waals surface area contributed by atoms with Gasteiger partial charge in [-0.2, -0.15) is 9.97 Å². The number of carbonyl (C=O) groups is 2. The molecule has 4 aromatic heterocycles. The average Bonchev–Trinajstić information content (AvgIpc) is 3.54. The minimum Gasteiger partial charge on any atom is -0.444 e. The van der Waals surface area contributed by atoms with Gasteiger partial charge in [0.25, 0.3) is 11.1 Å². The number of rotatable bonds is 6.